The first-order chi connectivity index (χ1) is 15.6. The molecule has 32 heavy (non-hydrogen) atoms. The highest BCUT2D eigenvalue weighted by molar-refractivity contribution is 7.07. The van der Waals surface area contributed by atoms with Crippen molar-refractivity contribution in [1.29, 1.82) is 0 Å². The van der Waals surface area contributed by atoms with E-state index in [9.17, 15) is 14.7 Å². The minimum Gasteiger partial charge on any atom is -0.477 e. The summed E-state index contributed by atoms with van der Waals surface area (Å²) in [6.07, 6.45) is 1.01. The van der Waals surface area contributed by atoms with E-state index in [1.807, 2.05) is 55.5 Å². The van der Waals surface area contributed by atoms with E-state index in [2.05, 4.69) is 25.6 Å². The standard InChI is InChI=1S/C22H20N6O3S/c1-2-5-19(29)23-22-28(18(13-32-22)21(30)31)12-14-8-10-15(11-9-14)16-6-3-4-7-17(16)20-24-26-27-25-20/h3-4,6-11,13H,2,5,12H2,1H3,(H,30,31)(H,24,25,26,27). The average Bonchev–Trinajstić information content (AvgIpc) is 3.45. The van der Waals surface area contributed by atoms with Gasteiger partial charge in [-0.15, -0.1) is 21.5 Å². The molecule has 4 aromatic rings. The summed E-state index contributed by atoms with van der Waals surface area (Å²) in [5.74, 6) is -0.808. The molecule has 0 spiro atoms. The number of tetrazole rings is 1. The van der Waals surface area contributed by atoms with Gasteiger partial charge in [0.15, 0.2) is 4.80 Å². The average molecular weight is 449 g/mol. The maximum absolute atomic E-state index is 12.0. The van der Waals surface area contributed by atoms with E-state index in [1.165, 1.54) is 5.38 Å². The van der Waals surface area contributed by atoms with Crippen LogP contribution in [-0.4, -0.2) is 42.2 Å². The van der Waals surface area contributed by atoms with Crippen LogP contribution in [0.2, 0.25) is 0 Å². The van der Waals surface area contributed by atoms with Gasteiger partial charge in [-0.25, -0.2) is 4.79 Å². The van der Waals surface area contributed by atoms with Gasteiger partial charge in [0.2, 0.25) is 11.7 Å². The molecule has 0 atom stereocenters. The van der Waals surface area contributed by atoms with Crippen LogP contribution in [-0.2, 0) is 11.3 Å². The van der Waals surface area contributed by atoms with E-state index < -0.39 is 5.97 Å². The molecule has 0 radical (unpaired) electrons. The van der Waals surface area contributed by atoms with Crippen LogP contribution in [0.4, 0.5) is 0 Å². The number of nitrogens with zero attached hydrogens (tertiary/aromatic N) is 5. The molecule has 0 saturated carbocycles. The number of carboxylic acid groups (broad SMARTS) is 1. The molecule has 0 unspecified atom stereocenters. The van der Waals surface area contributed by atoms with Gasteiger partial charge in [-0.05, 0) is 28.3 Å². The zero-order valence-electron chi connectivity index (χ0n) is 17.2. The third-order valence-electron chi connectivity index (χ3n) is 4.82. The fraction of sp³-hybridized carbons (Fsp3) is 0.182. The molecule has 2 heterocycles. The highest BCUT2D eigenvalue weighted by atomic mass is 32.1. The number of H-pyrrole nitrogens is 1. The van der Waals surface area contributed by atoms with Gasteiger partial charge in [0.1, 0.15) is 5.69 Å². The topological polar surface area (TPSA) is 126 Å². The number of aromatic amines is 1. The predicted octanol–water partition coefficient (Wildman–Crippen LogP) is 3.37. The maximum Gasteiger partial charge on any atom is 0.353 e. The molecule has 2 aromatic carbocycles. The molecule has 162 valence electrons. The van der Waals surface area contributed by atoms with Crippen molar-refractivity contribution < 1.29 is 14.7 Å². The normalized spacial score (nSPS) is 11.6. The van der Waals surface area contributed by atoms with Gasteiger partial charge in [0.25, 0.3) is 0 Å². The van der Waals surface area contributed by atoms with Crippen LogP contribution < -0.4 is 4.80 Å². The number of hydrogen-bond acceptors (Lipinski definition) is 6. The van der Waals surface area contributed by atoms with Crippen LogP contribution in [0.5, 0.6) is 0 Å². The number of aromatic nitrogens is 5. The number of aromatic carboxylic acids is 1. The molecule has 0 saturated heterocycles. The number of amides is 1. The summed E-state index contributed by atoms with van der Waals surface area (Å²) in [6, 6.07) is 15.5. The Labute approximate surface area is 187 Å². The van der Waals surface area contributed by atoms with Gasteiger partial charge in [0, 0.05) is 17.4 Å². The zero-order chi connectivity index (χ0) is 22.5. The van der Waals surface area contributed by atoms with Gasteiger partial charge in [0.05, 0.1) is 6.54 Å². The first kappa shape index (κ1) is 21.3. The number of hydrogen-bond donors (Lipinski definition) is 2. The lowest BCUT2D eigenvalue weighted by molar-refractivity contribution is -0.118. The van der Waals surface area contributed by atoms with Crippen molar-refractivity contribution in [2.75, 3.05) is 0 Å². The van der Waals surface area contributed by atoms with E-state index in [0.29, 0.717) is 23.5 Å². The fourth-order valence-electron chi connectivity index (χ4n) is 3.30. The Bertz CT molecular complexity index is 1310. The monoisotopic (exact) mass is 448 g/mol. The van der Waals surface area contributed by atoms with Crippen LogP contribution in [0.3, 0.4) is 0 Å². The molecular weight excluding hydrogens is 428 g/mol. The van der Waals surface area contributed by atoms with E-state index in [-0.39, 0.29) is 18.1 Å². The molecule has 2 N–H and O–H groups in total. The lowest BCUT2D eigenvalue weighted by atomic mass is 9.98. The van der Waals surface area contributed by atoms with Crippen LogP contribution in [0, 0.1) is 0 Å². The van der Waals surface area contributed by atoms with Gasteiger partial charge in [-0.2, -0.15) is 10.2 Å². The summed E-state index contributed by atoms with van der Waals surface area (Å²) < 4.78 is 1.56. The SMILES string of the molecule is CCCC(=O)N=c1scc(C(=O)O)n1Cc1ccc(-c2ccccc2-c2nn[nH]n2)cc1. The first-order valence-corrected chi connectivity index (χ1v) is 10.9. The summed E-state index contributed by atoms with van der Waals surface area (Å²) in [5.41, 5.74) is 3.76. The minimum absolute atomic E-state index is 0.101. The van der Waals surface area contributed by atoms with Gasteiger partial charge in [-0.1, -0.05) is 55.5 Å². The molecule has 2 aromatic heterocycles. The second-order valence-electron chi connectivity index (χ2n) is 7.03. The molecule has 4 rings (SSSR count). The van der Waals surface area contributed by atoms with Crippen molar-refractivity contribution in [1.82, 2.24) is 25.2 Å². The third-order valence-corrected chi connectivity index (χ3v) is 5.68. The van der Waals surface area contributed by atoms with Crippen molar-refractivity contribution >= 4 is 23.2 Å². The quantitative estimate of drug-likeness (QED) is 0.446. The van der Waals surface area contributed by atoms with Crippen LogP contribution in [0.25, 0.3) is 22.5 Å². The lowest BCUT2D eigenvalue weighted by Gasteiger charge is -2.10. The summed E-state index contributed by atoms with van der Waals surface area (Å²) in [7, 11) is 0. The molecular formula is C22H20N6O3S. The molecule has 0 aliphatic carbocycles. The second-order valence-corrected chi connectivity index (χ2v) is 7.86. The number of rotatable bonds is 7. The molecule has 1 amide bonds. The van der Waals surface area contributed by atoms with Crippen molar-refractivity contribution in [3.63, 3.8) is 0 Å². The van der Waals surface area contributed by atoms with Crippen LogP contribution in [0.15, 0.2) is 58.9 Å². The Morgan fingerprint density at radius 3 is 2.53 bits per heavy atom. The molecule has 9 nitrogen and oxygen atoms in total. The van der Waals surface area contributed by atoms with Crippen molar-refractivity contribution in [3.8, 4) is 22.5 Å². The Kier molecular flexibility index (Phi) is 6.31. The zero-order valence-corrected chi connectivity index (χ0v) is 18.0. The third kappa shape index (κ3) is 4.54. The number of thiazole rings is 1. The van der Waals surface area contributed by atoms with Crippen LogP contribution >= 0.6 is 11.3 Å². The fourth-order valence-corrected chi connectivity index (χ4v) is 4.19. The smallest absolute Gasteiger partial charge is 0.353 e. The Hall–Kier alpha value is -3.92. The Morgan fingerprint density at radius 2 is 1.88 bits per heavy atom. The van der Waals surface area contributed by atoms with Gasteiger partial charge < -0.3 is 9.67 Å². The largest absolute Gasteiger partial charge is 0.477 e. The molecule has 0 aliphatic rings. The second kappa shape index (κ2) is 9.48. The van der Waals surface area contributed by atoms with Crippen molar-refractivity contribution in [2.24, 2.45) is 4.99 Å². The van der Waals surface area contributed by atoms with Crippen molar-refractivity contribution in [2.45, 2.75) is 26.3 Å². The molecule has 0 bridgehead atoms. The summed E-state index contributed by atoms with van der Waals surface area (Å²) in [6.45, 7) is 2.19. The summed E-state index contributed by atoms with van der Waals surface area (Å²) in [4.78, 5) is 28.1. The number of nitrogens with one attached hydrogen (secondary N) is 1. The molecule has 0 fully saturated rings. The van der Waals surface area contributed by atoms with E-state index in [4.69, 9.17) is 0 Å². The van der Waals surface area contributed by atoms with E-state index >= 15 is 0 Å². The number of carbonyl (C=O) groups is 2. The maximum atomic E-state index is 12.0. The number of carboxylic acids is 1. The Morgan fingerprint density at radius 1 is 1.12 bits per heavy atom. The molecule has 0 aliphatic heterocycles. The minimum atomic E-state index is -1.06. The van der Waals surface area contributed by atoms with E-state index in [1.54, 1.807) is 4.57 Å². The number of benzene rings is 2. The highest BCUT2D eigenvalue weighted by Gasteiger charge is 2.15. The van der Waals surface area contributed by atoms with Gasteiger partial charge in [-0.3, -0.25) is 4.79 Å². The molecule has 10 heteroatoms. The lowest BCUT2D eigenvalue weighted by Crippen LogP contribution is -2.22. The summed E-state index contributed by atoms with van der Waals surface area (Å²) in [5, 5.41) is 25.3. The highest BCUT2D eigenvalue weighted by Crippen LogP contribution is 2.29. The Balaban J connectivity index is 1.66. The summed E-state index contributed by atoms with van der Waals surface area (Å²) >= 11 is 1.15. The van der Waals surface area contributed by atoms with Gasteiger partial charge >= 0.3 is 5.97 Å². The van der Waals surface area contributed by atoms with Crippen LogP contribution in [0.1, 0.15) is 35.8 Å². The van der Waals surface area contributed by atoms with E-state index in [0.717, 1.165) is 33.6 Å². The van der Waals surface area contributed by atoms with Crippen molar-refractivity contribution in [3.05, 3.63) is 70.0 Å². The number of carbonyl (C=O) groups excluding carboxylic acids is 1. The predicted molar refractivity (Wildman–Crippen MR) is 119 cm³/mol. The first-order valence-electron chi connectivity index (χ1n) is 9.98.